The SMILES string of the molecule is COc1cc(C2/C(=C(\O)c3ccc(C)cc3)C(=O)C(=O)N2c2cccnc2)ccc1O. The van der Waals surface area contributed by atoms with Gasteiger partial charge in [0.2, 0.25) is 0 Å². The van der Waals surface area contributed by atoms with Gasteiger partial charge >= 0.3 is 0 Å². The highest BCUT2D eigenvalue weighted by atomic mass is 16.5. The Hall–Kier alpha value is -4.13. The van der Waals surface area contributed by atoms with Crippen LogP contribution < -0.4 is 9.64 Å². The van der Waals surface area contributed by atoms with E-state index in [4.69, 9.17) is 4.74 Å². The van der Waals surface area contributed by atoms with Crippen LogP contribution in [0.3, 0.4) is 0 Å². The molecule has 4 rings (SSSR count). The summed E-state index contributed by atoms with van der Waals surface area (Å²) in [7, 11) is 1.41. The van der Waals surface area contributed by atoms with Gasteiger partial charge in [-0.1, -0.05) is 35.9 Å². The Bertz CT molecular complexity index is 1190. The summed E-state index contributed by atoms with van der Waals surface area (Å²) in [4.78, 5) is 31.4. The molecule has 1 atom stereocenters. The molecule has 0 radical (unpaired) electrons. The molecular formula is C24H20N2O5. The number of phenolic OH excluding ortho intramolecular Hbond substituents is 1. The van der Waals surface area contributed by atoms with Crippen LogP contribution in [0.1, 0.15) is 22.7 Å². The van der Waals surface area contributed by atoms with Gasteiger partial charge in [-0.15, -0.1) is 0 Å². The van der Waals surface area contributed by atoms with Crippen LogP contribution in [0.15, 0.2) is 72.6 Å². The minimum Gasteiger partial charge on any atom is -0.507 e. The molecule has 2 aromatic carbocycles. The normalized spacial score (nSPS) is 17.7. The van der Waals surface area contributed by atoms with Crippen molar-refractivity contribution in [3.8, 4) is 11.5 Å². The van der Waals surface area contributed by atoms with E-state index in [9.17, 15) is 19.8 Å². The van der Waals surface area contributed by atoms with Gasteiger partial charge in [-0.05, 0) is 36.8 Å². The van der Waals surface area contributed by atoms with Gasteiger partial charge < -0.3 is 14.9 Å². The number of pyridine rings is 1. The lowest BCUT2D eigenvalue weighted by atomic mass is 9.94. The van der Waals surface area contributed by atoms with Gasteiger partial charge in [-0.2, -0.15) is 0 Å². The van der Waals surface area contributed by atoms with E-state index in [1.54, 1.807) is 36.5 Å². The van der Waals surface area contributed by atoms with Crippen molar-refractivity contribution in [3.05, 3.63) is 89.3 Å². The Morgan fingerprint density at radius 1 is 1.10 bits per heavy atom. The quantitative estimate of drug-likeness (QED) is 0.382. The molecule has 0 saturated carbocycles. The van der Waals surface area contributed by atoms with Crippen LogP contribution in [0, 0.1) is 6.92 Å². The van der Waals surface area contributed by atoms with E-state index in [0.29, 0.717) is 16.8 Å². The minimum absolute atomic E-state index is 0.0505. The molecule has 1 amide bonds. The van der Waals surface area contributed by atoms with Crippen molar-refractivity contribution < 1.29 is 24.5 Å². The molecule has 2 N–H and O–H groups in total. The molecule has 0 aliphatic carbocycles. The number of benzene rings is 2. The number of anilines is 1. The van der Waals surface area contributed by atoms with Gasteiger partial charge in [0.25, 0.3) is 11.7 Å². The molecule has 1 saturated heterocycles. The molecule has 1 aliphatic heterocycles. The first-order valence-electron chi connectivity index (χ1n) is 9.57. The number of nitrogens with zero attached hydrogens (tertiary/aromatic N) is 2. The lowest BCUT2D eigenvalue weighted by molar-refractivity contribution is -0.132. The van der Waals surface area contributed by atoms with Crippen LogP contribution in [0.5, 0.6) is 11.5 Å². The van der Waals surface area contributed by atoms with Gasteiger partial charge in [0.05, 0.1) is 30.6 Å². The topological polar surface area (TPSA) is 100.0 Å². The van der Waals surface area contributed by atoms with Crippen LogP contribution in [0.4, 0.5) is 5.69 Å². The first-order chi connectivity index (χ1) is 14.9. The number of phenols is 1. The van der Waals surface area contributed by atoms with E-state index in [1.807, 2.05) is 19.1 Å². The summed E-state index contributed by atoms with van der Waals surface area (Å²) in [5, 5.41) is 21.1. The van der Waals surface area contributed by atoms with Gasteiger partial charge in [0.15, 0.2) is 11.5 Å². The summed E-state index contributed by atoms with van der Waals surface area (Å²) in [6, 6.07) is 13.9. The van der Waals surface area contributed by atoms with Crippen molar-refractivity contribution in [2.45, 2.75) is 13.0 Å². The van der Waals surface area contributed by atoms with E-state index >= 15 is 0 Å². The number of aromatic nitrogens is 1. The van der Waals surface area contributed by atoms with E-state index in [2.05, 4.69) is 4.98 Å². The fraction of sp³-hybridized carbons (Fsp3) is 0.125. The van der Waals surface area contributed by atoms with Crippen LogP contribution in [-0.4, -0.2) is 34.0 Å². The number of ether oxygens (including phenoxy) is 1. The van der Waals surface area contributed by atoms with Gasteiger partial charge in [0, 0.05) is 11.8 Å². The maximum Gasteiger partial charge on any atom is 0.300 e. The maximum atomic E-state index is 13.1. The fourth-order valence-corrected chi connectivity index (χ4v) is 3.64. The Labute approximate surface area is 178 Å². The van der Waals surface area contributed by atoms with Crippen LogP contribution in [-0.2, 0) is 9.59 Å². The number of methoxy groups -OCH3 is 1. The number of aromatic hydroxyl groups is 1. The Balaban J connectivity index is 1.96. The number of aliphatic hydroxyl groups excluding tert-OH is 1. The molecule has 0 spiro atoms. The number of aryl methyl sites for hydroxylation is 1. The average Bonchev–Trinajstić information content (AvgIpc) is 3.05. The average molecular weight is 416 g/mol. The lowest BCUT2D eigenvalue weighted by Gasteiger charge is -2.25. The number of carbonyl (C=O) groups is 2. The smallest absolute Gasteiger partial charge is 0.300 e. The second-order valence-electron chi connectivity index (χ2n) is 7.18. The van der Waals surface area contributed by atoms with Crippen molar-refractivity contribution in [2.24, 2.45) is 0 Å². The van der Waals surface area contributed by atoms with Crippen LogP contribution in [0.25, 0.3) is 5.76 Å². The number of ketones is 1. The predicted molar refractivity (Wildman–Crippen MR) is 115 cm³/mol. The molecule has 1 unspecified atom stereocenters. The van der Waals surface area contributed by atoms with Crippen molar-refractivity contribution in [2.75, 3.05) is 12.0 Å². The maximum absolute atomic E-state index is 13.1. The molecule has 7 nitrogen and oxygen atoms in total. The number of hydrogen-bond acceptors (Lipinski definition) is 6. The van der Waals surface area contributed by atoms with Crippen LogP contribution >= 0.6 is 0 Å². The lowest BCUT2D eigenvalue weighted by Crippen LogP contribution is -2.29. The number of aliphatic hydroxyl groups is 1. The largest absolute Gasteiger partial charge is 0.507 e. The van der Waals surface area contributed by atoms with Gasteiger partial charge in [0.1, 0.15) is 5.76 Å². The summed E-state index contributed by atoms with van der Waals surface area (Å²) in [5.41, 5.74) is 2.26. The Morgan fingerprint density at radius 2 is 1.84 bits per heavy atom. The summed E-state index contributed by atoms with van der Waals surface area (Å²) in [5.74, 6) is -1.76. The predicted octanol–water partition coefficient (Wildman–Crippen LogP) is 3.73. The van der Waals surface area contributed by atoms with Crippen molar-refractivity contribution >= 4 is 23.1 Å². The molecule has 1 aliphatic rings. The van der Waals surface area contributed by atoms with Crippen molar-refractivity contribution in [1.29, 1.82) is 0 Å². The number of Topliss-reactive ketones (excluding diaryl/α,β-unsaturated/α-hetero) is 1. The fourth-order valence-electron chi connectivity index (χ4n) is 3.64. The highest BCUT2D eigenvalue weighted by molar-refractivity contribution is 6.51. The summed E-state index contributed by atoms with van der Waals surface area (Å²) < 4.78 is 5.20. The molecule has 1 aromatic heterocycles. The molecule has 7 heteroatoms. The molecule has 3 aromatic rings. The first kappa shape index (κ1) is 20.2. The van der Waals surface area contributed by atoms with Crippen molar-refractivity contribution in [1.82, 2.24) is 4.98 Å². The number of rotatable bonds is 4. The third-order valence-electron chi connectivity index (χ3n) is 5.21. The summed E-state index contributed by atoms with van der Waals surface area (Å²) in [6.07, 6.45) is 3.03. The minimum atomic E-state index is -0.931. The van der Waals surface area contributed by atoms with E-state index in [0.717, 1.165) is 5.56 Å². The molecule has 156 valence electrons. The highest BCUT2D eigenvalue weighted by Gasteiger charge is 2.47. The van der Waals surface area contributed by atoms with Gasteiger partial charge in [-0.3, -0.25) is 19.5 Å². The van der Waals surface area contributed by atoms with Gasteiger partial charge in [-0.25, -0.2) is 0 Å². The summed E-state index contributed by atoms with van der Waals surface area (Å²) >= 11 is 0. The molecule has 2 heterocycles. The standard InChI is InChI=1S/C24H20N2O5/c1-14-5-7-15(8-6-14)22(28)20-21(16-9-10-18(27)19(12-16)31-2)26(24(30)23(20)29)17-4-3-11-25-13-17/h3-13,21,27-28H,1-2H3/b22-20+. The Morgan fingerprint density at radius 3 is 2.48 bits per heavy atom. The van der Waals surface area contributed by atoms with Crippen molar-refractivity contribution in [3.63, 3.8) is 0 Å². The zero-order valence-corrected chi connectivity index (χ0v) is 16.9. The van der Waals surface area contributed by atoms with E-state index in [-0.39, 0.29) is 22.8 Å². The van der Waals surface area contributed by atoms with E-state index < -0.39 is 17.7 Å². The second-order valence-corrected chi connectivity index (χ2v) is 7.18. The zero-order valence-electron chi connectivity index (χ0n) is 16.9. The molecule has 31 heavy (non-hydrogen) atoms. The van der Waals surface area contributed by atoms with Crippen LogP contribution in [0.2, 0.25) is 0 Å². The van der Waals surface area contributed by atoms with E-state index in [1.165, 1.54) is 30.3 Å². The number of amides is 1. The monoisotopic (exact) mass is 416 g/mol. The Kier molecular flexibility index (Phi) is 5.17. The summed E-state index contributed by atoms with van der Waals surface area (Å²) in [6.45, 7) is 1.91. The third kappa shape index (κ3) is 3.50. The molecular weight excluding hydrogens is 396 g/mol. The number of carbonyl (C=O) groups excluding carboxylic acids is 2. The highest BCUT2D eigenvalue weighted by Crippen LogP contribution is 2.43. The molecule has 1 fully saturated rings. The second kappa shape index (κ2) is 7.95. The number of hydrogen-bond donors (Lipinski definition) is 2. The molecule has 0 bridgehead atoms. The first-order valence-corrected chi connectivity index (χ1v) is 9.57. The third-order valence-corrected chi connectivity index (χ3v) is 5.21. The zero-order chi connectivity index (χ0) is 22.1.